The minimum Gasteiger partial charge on any atom is -0.444 e. The number of likely N-dealkylation sites (tertiary alicyclic amines) is 1. The summed E-state index contributed by atoms with van der Waals surface area (Å²) in [4.78, 5) is 18.4. The predicted octanol–water partition coefficient (Wildman–Crippen LogP) is 4.05. The number of carbonyl (C=O) groups is 1. The van der Waals surface area contributed by atoms with Crippen LogP contribution >= 0.6 is 24.0 Å². The van der Waals surface area contributed by atoms with Gasteiger partial charge in [-0.15, -0.1) is 24.0 Å². The van der Waals surface area contributed by atoms with Gasteiger partial charge in [-0.05, 0) is 57.9 Å². The third-order valence-electron chi connectivity index (χ3n) is 4.73. The molecule has 0 spiro atoms. The Balaban J connectivity index is 0.00000420. The molecule has 2 rings (SSSR count). The Morgan fingerprint density at radius 3 is 2.62 bits per heavy atom. The Morgan fingerprint density at radius 1 is 1.24 bits per heavy atom. The highest BCUT2D eigenvalue weighted by molar-refractivity contribution is 14.0. The monoisotopic (exact) mass is 516 g/mol. The number of halogens is 1. The first-order valence-corrected chi connectivity index (χ1v) is 10.3. The van der Waals surface area contributed by atoms with E-state index in [1.54, 1.807) is 7.05 Å². The smallest absolute Gasteiger partial charge is 0.410 e. The average Bonchev–Trinajstić information content (AvgIpc) is 2.67. The molecule has 0 aromatic heterocycles. The summed E-state index contributed by atoms with van der Waals surface area (Å²) in [5.41, 5.74) is 0.908. The molecular formula is C22H37IN4O2. The van der Waals surface area contributed by atoms with Crippen molar-refractivity contribution in [2.24, 2.45) is 10.9 Å². The van der Waals surface area contributed by atoms with Gasteiger partial charge in [-0.1, -0.05) is 30.3 Å². The summed E-state index contributed by atoms with van der Waals surface area (Å²) in [7, 11) is 1.79. The average molecular weight is 516 g/mol. The van der Waals surface area contributed by atoms with E-state index in [1.165, 1.54) is 5.56 Å². The van der Waals surface area contributed by atoms with Crippen LogP contribution in [0.3, 0.4) is 0 Å². The molecule has 0 bridgehead atoms. The molecule has 7 heteroatoms. The molecule has 1 saturated heterocycles. The third-order valence-corrected chi connectivity index (χ3v) is 4.73. The molecule has 1 amide bonds. The maximum atomic E-state index is 12.3. The third kappa shape index (κ3) is 10.2. The number of nitrogens with zero attached hydrogens (tertiary/aromatic N) is 2. The van der Waals surface area contributed by atoms with E-state index in [4.69, 9.17) is 4.74 Å². The number of hydrogen-bond acceptors (Lipinski definition) is 3. The zero-order valence-electron chi connectivity index (χ0n) is 18.2. The van der Waals surface area contributed by atoms with Crippen molar-refractivity contribution in [1.29, 1.82) is 0 Å². The van der Waals surface area contributed by atoms with Crippen LogP contribution < -0.4 is 10.6 Å². The van der Waals surface area contributed by atoms with Crippen LogP contribution in [0.25, 0.3) is 0 Å². The van der Waals surface area contributed by atoms with Gasteiger partial charge in [0.2, 0.25) is 0 Å². The molecular weight excluding hydrogens is 479 g/mol. The fraction of sp³-hybridized carbons (Fsp3) is 0.636. The molecule has 1 fully saturated rings. The highest BCUT2D eigenvalue weighted by atomic mass is 127. The zero-order valence-corrected chi connectivity index (χ0v) is 20.6. The molecule has 6 nitrogen and oxygen atoms in total. The standard InChI is InChI=1S/C22H36N4O2.HI/c1-22(2,3)28-21(27)26-15-9-13-19(17-26)16-25-20(23-4)24-14-8-12-18-10-6-5-7-11-18;/h5-7,10-11,19H,8-9,12-17H2,1-4H3,(H2,23,24,25);1H. The van der Waals surface area contributed by atoms with Crippen LogP contribution in [0.15, 0.2) is 35.3 Å². The first-order valence-electron chi connectivity index (χ1n) is 10.3. The minimum atomic E-state index is -0.450. The molecule has 1 atom stereocenters. The van der Waals surface area contributed by atoms with Crippen molar-refractivity contribution in [3.63, 3.8) is 0 Å². The summed E-state index contributed by atoms with van der Waals surface area (Å²) in [5.74, 6) is 1.23. The number of ether oxygens (including phenoxy) is 1. The van der Waals surface area contributed by atoms with E-state index in [0.717, 1.165) is 57.8 Å². The highest BCUT2D eigenvalue weighted by Crippen LogP contribution is 2.18. The molecule has 29 heavy (non-hydrogen) atoms. The van der Waals surface area contributed by atoms with Gasteiger partial charge in [-0.2, -0.15) is 0 Å². The SMILES string of the molecule is CN=C(NCCCc1ccccc1)NCC1CCCN(C(=O)OC(C)(C)C)C1.I. The van der Waals surface area contributed by atoms with Crippen LogP contribution in [-0.4, -0.2) is 55.8 Å². The lowest BCUT2D eigenvalue weighted by Gasteiger charge is -2.34. The van der Waals surface area contributed by atoms with E-state index in [9.17, 15) is 4.79 Å². The molecule has 0 radical (unpaired) electrons. The van der Waals surface area contributed by atoms with E-state index in [-0.39, 0.29) is 30.1 Å². The van der Waals surface area contributed by atoms with Crippen molar-refractivity contribution >= 4 is 36.0 Å². The van der Waals surface area contributed by atoms with Crippen molar-refractivity contribution in [3.8, 4) is 0 Å². The van der Waals surface area contributed by atoms with Crippen LogP contribution in [0.2, 0.25) is 0 Å². The van der Waals surface area contributed by atoms with Crippen molar-refractivity contribution in [2.45, 2.75) is 52.1 Å². The van der Waals surface area contributed by atoms with Crippen molar-refractivity contribution in [2.75, 3.05) is 33.2 Å². The first-order chi connectivity index (χ1) is 13.4. The molecule has 1 aromatic rings. The van der Waals surface area contributed by atoms with Gasteiger partial charge < -0.3 is 20.3 Å². The summed E-state index contributed by atoms with van der Waals surface area (Å²) < 4.78 is 5.50. The zero-order chi connectivity index (χ0) is 20.4. The molecule has 0 saturated carbocycles. The second-order valence-electron chi connectivity index (χ2n) is 8.40. The minimum absolute atomic E-state index is 0. The fourth-order valence-electron chi connectivity index (χ4n) is 3.33. The van der Waals surface area contributed by atoms with Gasteiger partial charge in [0.05, 0.1) is 0 Å². The number of aliphatic imine (C=N–C) groups is 1. The van der Waals surface area contributed by atoms with Crippen LogP contribution in [0.4, 0.5) is 4.79 Å². The number of benzene rings is 1. The Labute approximate surface area is 192 Å². The van der Waals surface area contributed by atoms with Crippen LogP contribution in [0.1, 0.15) is 45.6 Å². The second-order valence-corrected chi connectivity index (χ2v) is 8.40. The van der Waals surface area contributed by atoms with Gasteiger partial charge in [0.25, 0.3) is 0 Å². The molecule has 0 aliphatic carbocycles. The second kappa shape index (κ2) is 12.9. The van der Waals surface area contributed by atoms with Crippen LogP contribution in [-0.2, 0) is 11.2 Å². The lowest BCUT2D eigenvalue weighted by molar-refractivity contribution is 0.0168. The normalized spacial score (nSPS) is 17.3. The van der Waals surface area contributed by atoms with E-state index < -0.39 is 5.60 Å². The Hall–Kier alpha value is -1.51. The Bertz CT molecular complexity index is 631. The van der Waals surface area contributed by atoms with E-state index in [1.807, 2.05) is 31.7 Å². The summed E-state index contributed by atoms with van der Waals surface area (Å²) >= 11 is 0. The first kappa shape index (κ1) is 25.5. The number of nitrogens with one attached hydrogen (secondary N) is 2. The highest BCUT2D eigenvalue weighted by Gasteiger charge is 2.27. The van der Waals surface area contributed by atoms with Gasteiger partial charge in [0, 0.05) is 33.2 Å². The number of aryl methyl sites for hydroxylation is 1. The number of rotatable bonds is 6. The van der Waals surface area contributed by atoms with Crippen molar-refractivity contribution in [3.05, 3.63) is 35.9 Å². The maximum Gasteiger partial charge on any atom is 0.410 e. The fourth-order valence-corrected chi connectivity index (χ4v) is 3.33. The summed E-state index contributed by atoms with van der Waals surface area (Å²) in [6.45, 7) is 8.90. The Morgan fingerprint density at radius 2 is 1.97 bits per heavy atom. The molecule has 2 N–H and O–H groups in total. The van der Waals surface area contributed by atoms with Gasteiger partial charge in [0.15, 0.2) is 5.96 Å². The number of piperidine rings is 1. The maximum absolute atomic E-state index is 12.3. The van der Waals surface area contributed by atoms with Crippen LogP contribution in [0, 0.1) is 5.92 Å². The van der Waals surface area contributed by atoms with Gasteiger partial charge in [-0.3, -0.25) is 4.99 Å². The lowest BCUT2D eigenvalue weighted by Crippen LogP contribution is -2.47. The van der Waals surface area contributed by atoms with E-state index in [2.05, 4.69) is 39.9 Å². The van der Waals surface area contributed by atoms with Crippen LogP contribution in [0.5, 0.6) is 0 Å². The number of hydrogen-bond donors (Lipinski definition) is 2. The lowest BCUT2D eigenvalue weighted by atomic mass is 9.98. The van der Waals surface area contributed by atoms with Crippen molar-refractivity contribution < 1.29 is 9.53 Å². The number of carbonyl (C=O) groups excluding carboxylic acids is 1. The van der Waals surface area contributed by atoms with Gasteiger partial charge in [0.1, 0.15) is 5.60 Å². The van der Waals surface area contributed by atoms with Crippen molar-refractivity contribution in [1.82, 2.24) is 15.5 Å². The van der Waals surface area contributed by atoms with Gasteiger partial charge >= 0.3 is 6.09 Å². The summed E-state index contributed by atoms with van der Waals surface area (Å²) in [6.07, 6.45) is 4.02. The summed E-state index contributed by atoms with van der Waals surface area (Å²) in [6, 6.07) is 10.5. The molecule has 1 heterocycles. The predicted molar refractivity (Wildman–Crippen MR) is 130 cm³/mol. The Kier molecular flexibility index (Phi) is 11.4. The van der Waals surface area contributed by atoms with Gasteiger partial charge in [-0.25, -0.2) is 4.79 Å². The molecule has 1 aromatic carbocycles. The topological polar surface area (TPSA) is 66.0 Å². The van der Waals surface area contributed by atoms with E-state index >= 15 is 0 Å². The molecule has 1 aliphatic heterocycles. The molecule has 1 aliphatic rings. The number of amides is 1. The quantitative estimate of drug-likeness (QED) is 0.259. The van der Waals surface area contributed by atoms with E-state index in [0.29, 0.717) is 5.92 Å². The largest absolute Gasteiger partial charge is 0.444 e. The molecule has 1 unspecified atom stereocenters. The molecule has 164 valence electrons. The number of guanidine groups is 1. The summed E-state index contributed by atoms with van der Waals surface area (Å²) in [5, 5.41) is 6.78.